The molecule has 14 heavy (non-hydrogen) atoms. The zero-order chi connectivity index (χ0) is 10.9. The van der Waals surface area contributed by atoms with Gasteiger partial charge in [0.15, 0.2) is 0 Å². The van der Waals surface area contributed by atoms with Gasteiger partial charge >= 0.3 is 0 Å². The van der Waals surface area contributed by atoms with Crippen molar-refractivity contribution >= 4 is 11.9 Å². The second-order valence-corrected chi connectivity index (χ2v) is 4.28. The first-order valence-corrected chi connectivity index (χ1v) is 4.85. The summed E-state index contributed by atoms with van der Waals surface area (Å²) in [5, 5.41) is 21.4. The Bertz CT molecular complexity index is 223. The lowest BCUT2D eigenvalue weighted by molar-refractivity contribution is -0.329. The summed E-state index contributed by atoms with van der Waals surface area (Å²) in [6, 6.07) is 0. The van der Waals surface area contributed by atoms with Crippen LogP contribution in [0.1, 0.15) is 26.7 Å². The van der Waals surface area contributed by atoms with Crippen molar-refractivity contribution in [1.29, 1.82) is 0 Å². The summed E-state index contributed by atoms with van der Waals surface area (Å²) in [7, 11) is 0. The fourth-order valence-corrected chi connectivity index (χ4v) is 2.12. The highest BCUT2D eigenvalue weighted by Gasteiger charge is 2.34. The van der Waals surface area contributed by atoms with Gasteiger partial charge in [0.25, 0.3) is 0 Å². The van der Waals surface area contributed by atoms with Gasteiger partial charge in [-0.2, -0.15) is 0 Å². The van der Waals surface area contributed by atoms with Gasteiger partial charge in [0.1, 0.15) is 0 Å². The van der Waals surface area contributed by atoms with Crippen molar-refractivity contribution < 1.29 is 19.8 Å². The van der Waals surface area contributed by atoms with E-state index in [4.69, 9.17) is 0 Å². The smallest absolute Gasteiger partial charge is 0.0451 e. The van der Waals surface area contributed by atoms with Gasteiger partial charge < -0.3 is 19.8 Å². The van der Waals surface area contributed by atoms with Crippen LogP contribution in [0.25, 0.3) is 0 Å². The molecule has 1 fully saturated rings. The van der Waals surface area contributed by atoms with Crippen LogP contribution in [0.5, 0.6) is 0 Å². The molecule has 0 amide bonds. The summed E-state index contributed by atoms with van der Waals surface area (Å²) in [6.45, 7) is 3.87. The van der Waals surface area contributed by atoms with Crippen LogP contribution >= 0.6 is 0 Å². The van der Waals surface area contributed by atoms with Crippen LogP contribution in [-0.2, 0) is 9.59 Å². The van der Waals surface area contributed by atoms with E-state index in [0.717, 1.165) is 0 Å². The summed E-state index contributed by atoms with van der Waals surface area (Å²) in [6.07, 6.45) is 0.754. The van der Waals surface area contributed by atoms with E-state index in [0.29, 0.717) is 12.8 Å². The molecule has 4 heteroatoms. The normalized spacial score (nSPS) is 37.9. The van der Waals surface area contributed by atoms with Crippen LogP contribution in [0, 0.1) is 23.7 Å². The van der Waals surface area contributed by atoms with Crippen molar-refractivity contribution in [2.45, 2.75) is 26.7 Å². The van der Waals surface area contributed by atoms with Crippen molar-refractivity contribution in [2.75, 3.05) is 0 Å². The van der Waals surface area contributed by atoms with Crippen LogP contribution in [-0.4, -0.2) is 11.9 Å². The third kappa shape index (κ3) is 2.05. The molecular formula is C10H14O4-2. The Labute approximate surface area is 82.9 Å². The molecule has 1 aliphatic rings. The van der Waals surface area contributed by atoms with Gasteiger partial charge in [-0.3, -0.25) is 0 Å². The Hall–Kier alpha value is -1.06. The third-order valence-corrected chi connectivity index (χ3v) is 3.31. The Balaban J connectivity index is 2.80. The van der Waals surface area contributed by atoms with Crippen LogP contribution < -0.4 is 10.2 Å². The zero-order valence-electron chi connectivity index (χ0n) is 8.36. The summed E-state index contributed by atoms with van der Waals surface area (Å²) >= 11 is 0. The van der Waals surface area contributed by atoms with Crippen molar-refractivity contribution in [3.05, 3.63) is 0 Å². The van der Waals surface area contributed by atoms with Crippen molar-refractivity contribution in [3.8, 4) is 0 Å². The minimum atomic E-state index is -1.27. The number of carboxylic acid groups (broad SMARTS) is 2. The summed E-state index contributed by atoms with van der Waals surface area (Å²) in [5.41, 5.74) is 0. The highest BCUT2D eigenvalue weighted by Crippen LogP contribution is 2.37. The molecule has 4 nitrogen and oxygen atoms in total. The molecule has 0 aromatic rings. The second kappa shape index (κ2) is 3.98. The molecule has 80 valence electrons. The van der Waals surface area contributed by atoms with E-state index in [1.165, 1.54) is 0 Å². The number of hydrogen-bond donors (Lipinski definition) is 0. The van der Waals surface area contributed by atoms with Gasteiger partial charge in [0.05, 0.1) is 0 Å². The van der Waals surface area contributed by atoms with Gasteiger partial charge in [-0.15, -0.1) is 0 Å². The number of hydrogen-bond acceptors (Lipinski definition) is 4. The summed E-state index contributed by atoms with van der Waals surface area (Å²) < 4.78 is 0. The first kappa shape index (κ1) is 11.0. The fourth-order valence-electron chi connectivity index (χ4n) is 2.12. The fraction of sp³-hybridized carbons (Fsp3) is 0.800. The highest BCUT2D eigenvalue weighted by molar-refractivity contribution is 5.78. The quantitative estimate of drug-likeness (QED) is 0.557. The van der Waals surface area contributed by atoms with E-state index in [2.05, 4.69) is 0 Å². The maximum absolute atomic E-state index is 10.7. The molecule has 0 spiro atoms. The highest BCUT2D eigenvalue weighted by atomic mass is 16.4. The van der Waals surface area contributed by atoms with Crippen molar-refractivity contribution in [2.24, 2.45) is 23.7 Å². The minimum absolute atomic E-state index is 0.230. The van der Waals surface area contributed by atoms with Gasteiger partial charge in [-0.25, -0.2) is 0 Å². The second-order valence-electron chi connectivity index (χ2n) is 4.28. The van der Waals surface area contributed by atoms with Gasteiger partial charge in [0, 0.05) is 23.8 Å². The lowest BCUT2D eigenvalue weighted by atomic mass is 9.69. The van der Waals surface area contributed by atoms with Crippen molar-refractivity contribution in [3.63, 3.8) is 0 Å². The summed E-state index contributed by atoms with van der Waals surface area (Å²) in [4.78, 5) is 21.4. The van der Waals surface area contributed by atoms with Crippen LogP contribution in [0.3, 0.4) is 0 Å². The summed E-state index contributed by atoms with van der Waals surface area (Å²) in [5.74, 6) is -3.84. The molecule has 0 bridgehead atoms. The van der Waals surface area contributed by atoms with E-state index in [1.807, 2.05) is 13.8 Å². The molecule has 1 rings (SSSR count). The average Bonchev–Trinajstić information content (AvgIpc) is 2.08. The van der Waals surface area contributed by atoms with E-state index in [9.17, 15) is 19.8 Å². The molecule has 0 unspecified atom stereocenters. The first-order valence-electron chi connectivity index (χ1n) is 4.85. The Morgan fingerprint density at radius 1 is 0.929 bits per heavy atom. The Morgan fingerprint density at radius 2 is 1.21 bits per heavy atom. The molecule has 0 aromatic heterocycles. The number of aliphatic carboxylic acids is 2. The molecule has 0 aliphatic heterocycles. The molecule has 1 aliphatic carbocycles. The molecule has 0 N–H and O–H groups in total. The lowest BCUT2D eigenvalue weighted by Crippen LogP contribution is -2.48. The maximum atomic E-state index is 10.7. The van der Waals surface area contributed by atoms with Crippen LogP contribution in [0.15, 0.2) is 0 Å². The minimum Gasteiger partial charge on any atom is -0.550 e. The topological polar surface area (TPSA) is 80.3 Å². The van der Waals surface area contributed by atoms with Gasteiger partial charge in [0.2, 0.25) is 0 Å². The van der Waals surface area contributed by atoms with E-state index >= 15 is 0 Å². The number of rotatable bonds is 2. The number of carbonyl (C=O) groups excluding carboxylic acids is 2. The van der Waals surface area contributed by atoms with Gasteiger partial charge in [-0.05, 0) is 24.7 Å². The molecule has 0 aromatic carbocycles. The van der Waals surface area contributed by atoms with Crippen molar-refractivity contribution in [1.82, 2.24) is 0 Å². The zero-order valence-corrected chi connectivity index (χ0v) is 8.36. The predicted molar refractivity (Wildman–Crippen MR) is 44.6 cm³/mol. The average molecular weight is 198 g/mol. The predicted octanol–water partition coefficient (Wildman–Crippen LogP) is -1.22. The SMILES string of the molecule is C[C@@H]1C[C@H](C(=O)[O-])[C@H](C(=O)[O-])C[C@@H]1C. The molecule has 1 saturated carbocycles. The van der Waals surface area contributed by atoms with Crippen LogP contribution in [0.4, 0.5) is 0 Å². The largest absolute Gasteiger partial charge is 0.550 e. The Kier molecular flexibility index (Phi) is 3.13. The molecule has 4 atom stereocenters. The molecule has 0 radical (unpaired) electrons. The molecule has 0 heterocycles. The molecular weight excluding hydrogens is 184 g/mol. The molecule has 0 saturated heterocycles. The number of carboxylic acids is 2. The number of carbonyl (C=O) groups is 2. The Morgan fingerprint density at radius 3 is 1.43 bits per heavy atom. The first-order chi connectivity index (χ1) is 6.43. The van der Waals surface area contributed by atoms with E-state index < -0.39 is 23.8 Å². The van der Waals surface area contributed by atoms with E-state index in [1.54, 1.807) is 0 Å². The standard InChI is InChI=1S/C10H16O4/c1-5-3-7(9(11)12)8(10(13)14)4-6(5)2/h5-8H,3-4H2,1-2H3,(H,11,12)(H,13,14)/p-2/t5-,6+,7+,8-. The van der Waals surface area contributed by atoms with Crippen LogP contribution in [0.2, 0.25) is 0 Å². The maximum Gasteiger partial charge on any atom is 0.0451 e. The van der Waals surface area contributed by atoms with E-state index in [-0.39, 0.29) is 11.8 Å². The monoisotopic (exact) mass is 198 g/mol. The third-order valence-electron chi connectivity index (χ3n) is 3.31. The van der Waals surface area contributed by atoms with Gasteiger partial charge in [-0.1, -0.05) is 13.8 Å². The lowest BCUT2D eigenvalue weighted by Gasteiger charge is -2.39.